The second-order valence-corrected chi connectivity index (χ2v) is 6.22. The smallest absolute Gasteiger partial charge is 0.407 e. The van der Waals surface area contributed by atoms with Gasteiger partial charge in [0, 0.05) is 12.0 Å². The molecule has 1 heterocycles. The lowest BCUT2D eigenvalue weighted by atomic mass is 9.89. The molecule has 3 rings (SSSR count). The first-order chi connectivity index (χ1) is 10.2. The van der Waals surface area contributed by atoms with Crippen molar-refractivity contribution >= 4 is 6.09 Å². The van der Waals surface area contributed by atoms with Crippen LogP contribution >= 0.6 is 0 Å². The van der Waals surface area contributed by atoms with Crippen LogP contribution < -0.4 is 5.32 Å². The second kappa shape index (κ2) is 5.66. The van der Waals surface area contributed by atoms with Gasteiger partial charge < -0.3 is 19.9 Å². The van der Waals surface area contributed by atoms with Gasteiger partial charge in [0.15, 0.2) is 0 Å². The summed E-state index contributed by atoms with van der Waals surface area (Å²) in [6.07, 6.45) is 2.23. The topological polar surface area (TPSA) is 67.8 Å². The maximum Gasteiger partial charge on any atom is 0.407 e. The van der Waals surface area contributed by atoms with E-state index in [1.807, 2.05) is 30.3 Å². The Morgan fingerprint density at radius 3 is 2.76 bits per heavy atom. The number of rotatable bonds is 5. The van der Waals surface area contributed by atoms with Crippen molar-refractivity contribution in [2.24, 2.45) is 5.41 Å². The molecule has 2 bridgehead atoms. The molecule has 114 valence electrons. The van der Waals surface area contributed by atoms with Crippen molar-refractivity contribution in [2.45, 2.75) is 31.5 Å². The molecule has 1 saturated heterocycles. The quantitative estimate of drug-likeness (QED) is 0.868. The maximum absolute atomic E-state index is 11.8. The summed E-state index contributed by atoms with van der Waals surface area (Å²) in [6.45, 7) is 1.46. The number of aliphatic hydroxyl groups is 1. The molecule has 5 heteroatoms. The molecule has 21 heavy (non-hydrogen) atoms. The van der Waals surface area contributed by atoms with E-state index in [-0.39, 0.29) is 24.2 Å². The SMILES string of the molecule is O=C(NCC12CCC(CO)(CO1)C2)OCc1ccccc1. The van der Waals surface area contributed by atoms with E-state index in [9.17, 15) is 9.90 Å². The van der Waals surface area contributed by atoms with Crippen molar-refractivity contribution in [1.29, 1.82) is 0 Å². The number of carbonyl (C=O) groups excluding carboxylic acids is 1. The second-order valence-electron chi connectivity index (χ2n) is 6.22. The summed E-state index contributed by atoms with van der Waals surface area (Å²) in [5, 5.41) is 12.2. The Morgan fingerprint density at radius 2 is 2.14 bits per heavy atom. The van der Waals surface area contributed by atoms with E-state index in [1.54, 1.807) is 0 Å². The summed E-state index contributed by atoms with van der Waals surface area (Å²) >= 11 is 0. The Bertz CT molecular complexity index is 494. The van der Waals surface area contributed by atoms with Crippen LogP contribution in [0.5, 0.6) is 0 Å². The Labute approximate surface area is 124 Å². The first kappa shape index (κ1) is 14.4. The minimum Gasteiger partial charge on any atom is -0.445 e. The van der Waals surface area contributed by atoms with Crippen LogP contribution in [0.1, 0.15) is 24.8 Å². The van der Waals surface area contributed by atoms with Crippen LogP contribution in [0.25, 0.3) is 0 Å². The van der Waals surface area contributed by atoms with Gasteiger partial charge >= 0.3 is 6.09 Å². The number of aliphatic hydroxyl groups excluding tert-OH is 1. The van der Waals surface area contributed by atoms with Crippen molar-refractivity contribution < 1.29 is 19.4 Å². The fourth-order valence-corrected chi connectivity index (χ4v) is 3.30. The lowest BCUT2D eigenvalue weighted by Crippen LogP contribution is -2.41. The fraction of sp³-hybridized carbons (Fsp3) is 0.562. The fourth-order valence-electron chi connectivity index (χ4n) is 3.30. The maximum atomic E-state index is 11.8. The zero-order valence-electron chi connectivity index (χ0n) is 12.0. The lowest BCUT2D eigenvalue weighted by Gasteiger charge is -2.27. The summed E-state index contributed by atoms with van der Waals surface area (Å²) in [6, 6.07) is 9.58. The van der Waals surface area contributed by atoms with E-state index in [2.05, 4.69) is 5.32 Å². The number of alkyl carbamates (subject to hydrolysis) is 1. The molecule has 0 aromatic heterocycles. The number of fused-ring (bicyclic) bond motifs is 2. The summed E-state index contributed by atoms with van der Waals surface area (Å²) in [4.78, 5) is 11.8. The molecule has 5 nitrogen and oxygen atoms in total. The molecule has 2 unspecified atom stereocenters. The predicted octanol–water partition coefficient (Wildman–Crippen LogP) is 1.84. The molecule has 2 fully saturated rings. The third-order valence-electron chi connectivity index (χ3n) is 4.60. The van der Waals surface area contributed by atoms with Gasteiger partial charge in [-0.2, -0.15) is 0 Å². The number of benzene rings is 1. The largest absolute Gasteiger partial charge is 0.445 e. The van der Waals surface area contributed by atoms with Gasteiger partial charge in [-0.05, 0) is 24.8 Å². The number of amides is 1. The molecule has 1 saturated carbocycles. The molecule has 1 aliphatic heterocycles. The van der Waals surface area contributed by atoms with Crippen LogP contribution in [0.15, 0.2) is 30.3 Å². The van der Waals surface area contributed by atoms with Gasteiger partial charge in [-0.15, -0.1) is 0 Å². The van der Waals surface area contributed by atoms with E-state index < -0.39 is 6.09 Å². The highest BCUT2D eigenvalue weighted by Crippen LogP contribution is 2.52. The van der Waals surface area contributed by atoms with Crippen LogP contribution in [0.3, 0.4) is 0 Å². The van der Waals surface area contributed by atoms with E-state index in [0.717, 1.165) is 24.8 Å². The molecule has 2 aliphatic rings. The van der Waals surface area contributed by atoms with Crippen LogP contribution in [-0.4, -0.2) is 36.6 Å². The van der Waals surface area contributed by atoms with Crippen LogP contribution in [0.2, 0.25) is 0 Å². The molecule has 2 atom stereocenters. The average molecular weight is 291 g/mol. The number of hydrogen-bond donors (Lipinski definition) is 2. The highest BCUT2D eigenvalue weighted by atomic mass is 16.5. The van der Waals surface area contributed by atoms with Crippen LogP contribution in [-0.2, 0) is 16.1 Å². The number of ether oxygens (including phenoxy) is 2. The number of carbonyl (C=O) groups is 1. The monoisotopic (exact) mass is 291 g/mol. The Morgan fingerprint density at radius 1 is 1.33 bits per heavy atom. The van der Waals surface area contributed by atoms with E-state index in [4.69, 9.17) is 9.47 Å². The van der Waals surface area contributed by atoms with Gasteiger partial charge in [-0.1, -0.05) is 30.3 Å². The number of nitrogens with one attached hydrogen (secondary N) is 1. The third-order valence-corrected chi connectivity index (χ3v) is 4.60. The molecule has 1 aromatic rings. The Hall–Kier alpha value is -1.59. The van der Waals surface area contributed by atoms with E-state index >= 15 is 0 Å². The van der Waals surface area contributed by atoms with Crippen LogP contribution in [0.4, 0.5) is 4.79 Å². The van der Waals surface area contributed by atoms with Gasteiger partial charge in [0.05, 0.1) is 18.8 Å². The summed E-state index contributed by atoms with van der Waals surface area (Å²) in [5.74, 6) is 0. The summed E-state index contributed by atoms with van der Waals surface area (Å²) < 4.78 is 11.0. The zero-order chi connectivity index (χ0) is 14.8. The Kier molecular flexibility index (Phi) is 3.87. The molecule has 0 radical (unpaired) electrons. The van der Waals surface area contributed by atoms with Crippen molar-refractivity contribution in [3.05, 3.63) is 35.9 Å². The summed E-state index contributed by atoms with van der Waals surface area (Å²) in [7, 11) is 0. The first-order valence-corrected chi connectivity index (χ1v) is 7.35. The van der Waals surface area contributed by atoms with Gasteiger partial charge in [-0.3, -0.25) is 0 Å². The van der Waals surface area contributed by atoms with E-state index in [1.165, 1.54) is 0 Å². The molecular weight excluding hydrogens is 270 g/mol. The number of hydrogen-bond acceptors (Lipinski definition) is 4. The third kappa shape index (κ3) is 3.04. The van der Waals surface area contributed by atoms with Crippen molar-refractivity contribution in [1.82, 2.24) is 5.32 Å². The Balaban J connectivity index is 1.45. The van der Waals surface area contributed by atoms with Gasteiger partial charge in [-0.25, -0.2) is 4.79 Å². The normalized spacial score (nSPS) is 30.3. The minimum absolute atomic E-state index is 0.0877. The summed E-state index contributed by atoms with van der Waals surface area (Å²) in [5.41, 5.74) is 0.563. The molecule has 2 N–H and O–H groups in total. The van der Waals surface area contributed by atoms with Crippen molar-refractivity contribution in [3.63, 3.8) is 0 Å². The van der Waals surface area contributed by atoms with Crippen LogP contribution in [0, 0.1) is 5.41 Å². The molecular formula is C16H21NO4. The van der Waals surface area contributed by atoms with Crippen molar-refractivity contribution in [2.75, 3.05) is 19.8 Å². The molecule has 1 aliphatic carbocycles. The zero-order valence-corrected chi connectivity index (χ0v) is 12.0. The predicted molar refractivity (Wildman–Crippen MR) is 76.7 cm³/mol. The van der Waals surface area contributed by atoms with Crippen molar-refractivity contribution in [3.8, 4) is 0 Å². The average Bonchev–Trinajstić information content (AvgIpc) is 3.09. The highest BCUT2D eigenvalue weighted by Gasteiger charge is 2.55. The lowest BCUT2D eigenvalue weighted by molar-refractivity contribution is -0.0346. The van der Waals surface area contributed by atoms with Gasteiger partial charge in [0.1, 0.15) is 6.61 Å². The van der Waals surface area contributed by atoms with Gasteiger partial charge in [0.2, 0.25) is 0 Å². The standard InChI is InChI=1S/C16H21NO4/c18-11-15-6-7-16(9-15,21-12-15)10-17-14(19)20-8-13-4-2-1-3-5-13/h1-5,18H,6-12H2,(H,17,19). The minimum atomic E-state index is -0.426. The molecule has 0 spiro atoms. The highest BCUT2D eigenvalue weighted by molar-refractivity contribution is 5.67. The van der Waals surface area contributed by atoms with E-state index in [0.29, 0.717) is 13.2 Å². The first-order valence-electron chi connectivity index (χ1n) is 7.35. The molecule has 1 aromatic carbocycles. The van der Waals surface area contributed by atoms with Gasteiger partial charge in [0.25, 0.3) is 0 Å². The molecule has 1 amide bonds.